The van der Waals surface area contributed by atoms with E-state index in [4.69, 9.17) is 5.11 Å². The molecule has 0 bridgehead atoms. The van der Waals surface area contributed by atoms with Crippen molar-refractivity contribution < 1.29 is 23.1 Å². The van der Waals surface area contributed by atoms with Crippen molar-refractivity contribution >= 4 is 17.3 Å². The number of hydrogen-bond donors (Lipinski definition) is 2. The fourth-order valence-electron chi connectivity index (χ4n) is 1.00. The van der Waals surface area contributed by atoms with Gasteiger partial charge in [-0.25, -0.2) is 0 Å². The predicted octanol–water partition coefficient (Wildman–Crippen LogP) is 2.03. The molecule has 0 aromatic carbocycles. The average Bonchev–Trinajstić information content (AvgIpc) is 2.54. The van der Waals surface area contributed by atoms with Gasteiger partial charge in [0.2, 0.25) is 0 Å². The van der Waals surface area contributed by atoms with Gasteiger partial charge in [0.1, 0.15) is 6.04 Å². The molecule has 1 atom stereocenters. The minimum atomic E-state index is -4.41. The Morgan fingerprint density at radius 1 is 1.60 bits per heavy atom. The highest BCUT2D eigenvalue weighted by molar-refractivity contribution is 7.08. The Hall–Kier alpha value is -1.08. The third-order valence-electron chi connectivity index (χ3n) is 1.63. The van der Waals surface area contributed by atoms with E-state index in [0.717, 1.165) is 0 Å². The molecule has 0 fully saturated rings. The Kier molecular flexibility index (Phi) is 3.70. The topological polar surface area (TPSA) is 49.3 Å². The average molecular weight is 239 g/mol. The lowest BCUT2D eigenvalue weighted by Crippen LogP contribution is -2.35. The molecule has 1 unspecified atom stereocenters. The number of halogens is 3. The second kappa shape index (κ2) is 4.63. The van der Waals surface area contributed by atoms with E-state index in [-0.39, 0.29) is 0 Å². The van der Waals surface area contributed by atoms with Crippen LogP contribution in [0.15, 0.2) is 16.8 Å². The summed E-state index contributed by atoms with van der Waals surface area (Å²) in [4.78, 5) is 10.7. The summed E-state index contributed by atoms with van der Waals surface area (Å²) in [5.41, 5.74) is 0.330. The molecule has 15 heavy (non-hydrogen) atoms. The van der Waals surface area contributed by atoms with Gasteiger partial charge in [0, 0.05) is 0 Å². The van der Waals surface area contributed by atoms with E-state index in [1.807, 2.05) is 5.32 Å². The molecule has 0 aliphatic carbocycles. The van der Waals surface area contributed by atoms with Gasteiger partial charge in [-0.05, 0) is 22.4 Å². The van der Waals surface area contributed by atoms with Gasteiger partial charge in [-0.2, -0.15) is 24.5 Å². The summed E-state index contributed by atoms with van der Waals surface area (Å²) >= 11 is 1.23. The SMILES string of the molecule is O=C(O)C(NCC(F)(F)F)c1ccsc1. The van der Waals surface area contributed by atoms with Crippen LogP contribution in [0.2, 0.25) is 0 Å². The molecule has 0 aliphatic heterocycles. The van der Waals surface area contributed by atoms with E-state index >= 15 is 0 Å². The molecule has 0 saturated carbocycles. The van der Waals surface area contributed by atoms with Gasteiger partial charge >= 0.3 is 12.1 Å². The maximum Gasteiger partial charge on any atom is 0.401 e. The van der Waals surface area contributed by atoms with Crippen molar-refractivity contribution in [3.05, 3.63) is 22.4 Å². The zero-order chi connectivity index (χ0) is 11.5. The van der Waals surface area contributed by atoms with Crippen LogP contribution in [-0.2, 0) is 4.79 Å². The largest absolute Gasteiger partial charge is 0.480 e. The minimum absolute atomic E-state index is 0.330. The standard InChI is InChI=1S/C8H8F3NO2S/c9-8(10,11)4-12-6(7(13)14)5-1-2-15-3-5/h1-3,6,12H,4H2,(H,13,14). The first kappa shape index (κ1) is 12.0. The highest BCUT2D eigenvalue weighted by Gasteiger charge is 2.30. The van der Waals surface area contributed by atoms with Gasteiger partial charge < -0.3 is 5.11 Å². The fourth-order valence-corrected chi connectivity index (χ4v) is 1.69. The van der Waals surface area contributed by atoms with Crippen LogP contribution >= 0.6 is 11.3 Å². The molecule has 1 rings (SSSR count). The molecule has 84 valence electrons. The highest BCUT2D eigenvalue weighted by Crippen LogP contribution is 2.19. The molecule has 1 aromatic rings. The van der Waals surface area contributed by atoms with Gasteiger partial charge in [0.05, 0.1) is 6.54 Å². The molecule has 0 saturated heterocycles. The second-order valence-corrected chi connectivity index (χ2v) is 3.60. The van der Waals surface area contributed by atoms with Crippen LogP contribution in [0.1, 0.15) is 11.6 Å². The Balaban J connectivity index is 2.65. The van der Waals surface area contributed by atoms with Crippen molar-refractivity contribution in [1.29, 1.82) is 0 Å². The van der Waals surface area contributed by atoms with Gasteiger partial charge in [0.25, 0.3) is 0 Å². The minimum Gasteiger partial charge on any atom is -0.480 e. The quantitative estimate of drug-likeness (QED) is 0.845. The number of aliphatic carboxylic acids is 1. The number of hydrogen-bond acceptors (Lipinski definition) is 3. The van der Waals surface area contributed by atoms with Crippen LogP contribution < -0.4 is 5.32 Å². The number of carboxylic acids is 1. The molecule has 2 N–H and O–H groups in total. The predicted molar refractivity (Wildman–Crippen MR) is 48.8 cm³/mol. The van der Waals surface area contributed by atoms with Crippen LogP contribution in [0.25, 0.3) is 0 Å². The molecular weight excluding hydrogens is 231 g/mol. The van der Waals surface area contributed by atoms with Gasteiger partial charge in [-0.1, -0.05) is 0 Å². The van der Waals surface area contributed by atoms with Gasteiger partial charge in [-0.15, -0.1) is 0 Å². The lowest BCUT2D eigenvalue weighted by Gasteiger charge is -2.14. The van der Waals surface area contributed by atoms with Crippen molar-refractivity contribution in [2.24, 2.45) is 0 Å². The van der Waals surface area contributed by atoms with Crippen molar-refractivity contribution in [2.75, 3.05) is 6.54 Å². The zero-order valence-electron chi connectivity index (χ0n) is 7.41. The number of nitrogens with one attached hydrogen (secondary N) is 1. The van der Waals surface area contributed by atoms with Crippen LogP contribution in [0.5, 0.6) is 0 Å². The van der Waals surface area contributed by atoms with Crippen LogP contribution in [0, 0.1) is 0 Å². The smallest absolute Gasteiger partial charge is 0.401 e. The molecule has 0 radical (unpaired) electrons. The Bertz CT molecular complexity index is 323. The maximum atomic E-state index is 11.9. The third-order valence-corrected chi connectivity index (χ3v) is 2.33. The van der Waals surface area contributed by atoms with Crippen LogP contribution in [-0.4, -0.2) is 23.8 Å². The molecule has 0 aliphatic rings. The van der Waals surface area contributed by atoms with Crippen molar-refractivity contribution in [2.45, 2.75) is 12.2 Å². The summed E-state index contributed by atoms with van der Waals surface area (Å²) in [6, 6.07) is 0.171. The molecule has 0 spiro atoms. The maximum absolute atomic E-state index is 11.9. The zero-order valence-corrected chi connectivity index (χ0v) is 8.23. The summed E-state index contributed by atoms with van der Waals surface area (Å²) in [6.45, 7) is -1.32. The number of carboxylic acid groups (broad SMARTS) is 1. The van der Waals surface area contributed by atoms with Gasteiger partial charge in [0.15, 0.2) is 0 Å². The van der Waals surface area contributed by atoms with Crippen LogP contribution in [0.3, 0.4) is 0 Å². The van der Waals surface area contributed by atoms with E-state index in [1.54, 1.807) is 5.38 Å². The third kappa shape index (κ3) is 3.88. The first-order valence-corrected chi connectivity index (χ1v) is 4.89. The second-order valence-electron chi connectivity index (χ2n) is 2.82. The van der Waals surface area contributed by atoms with E-state index in [2.05, 4.69) is 0 Å². The number of carbonyl (C=O) groups is 1. The van der Waals surface area contributed by atoms with E-state index < -0.39 is 24.7 Å². The summed E-state index contributed by atoms with van der Waals surface area (Å²) in [7, 11) is 0. The van der Waals surface area contributed by atoms with E-state index in [0.29, 0.717) is 5.56 Å². The summed E-state index contributed by atoms with van der Waals surface area (Å²) in [6.07, 6.45) is -4.41. The first-order chi connectivity index (χ1) is 6.90. The number of rotatable bonds is 4. The molecule has 1 heterocycles. The Labute approximate surface area is 87.5 Å². The van der Waals surface area contributed by atoms with E-state index in [1.165, 1.54) is 22.8 Å². The normalized spacial score (nSPS) is 13.8. The summed E-state index contributed by atoms with van der Waals surface area (Å²) in [5.74, 6) is -1.32. The molecule has 7 heteroatoms. The van der Waals surface area contributed by atoms with Crippen molar-refractivity contribution in [3.63, 3.8) is 0 Å². The Morgan fingerprint density at radius 2 is 2.27 bits per heavy atom. The number of thiophene rings is 1. The molecule has 1 aromatic heterocycles. The van der Waals surface area contributed by atoms with Crippen molar-refractivity contribution in [3.8, 4) is 0 Å². The Morgan fingerprint density at radius 3 is 2.67 bits per heavy atom. The van der Waals surface area contributed by atoms with Crippen molar-refractivity contribution in [1.82, 2.24) is 5.32 Å². The molecule has 3 nitrogen and oxygen atoms in total. The highest BCUT2D eigenvalue weighted by atomic mass is 32.1. The monoisotopic (exact) mass is 239 g/mol. The lowest BCUT2D eigenvalue weighted by molar-refractivity contribution is -0.143. The van der Waals surface area contributed by atoms with E-state index in [9.17, 15) is 18.0 Å². The van der Waals surface area contributed by atoms with Gasteiger partial charge in [-0.3, -0.25) is 10.1 Å². The first-order valence-electron chi connectivity index (χ1n) is 3.95. The molecule has 0 amide bonds. The number of alkyl halides is 3. The fraction of sp³-hybridized carbons (Fsp3) is 0.375. The summed E-state index contributed by atoms with van der Waals surface area (Å²) in [5, 5.41) is 13.8. The lowest BCUT2D eigenvalue weighted by atomic mass is 10.1. The molecular formula is C8H8F3NO2S. The van der Waals surface area contributed by atoms with Crippen LogP contribution in [0.4, 0.5) is 13.2 Å². The summed E-state index contributed by atoms with van der Waals surface area (Å²) < 4.78 is 35.6.